The Morgan fingerprint density at radius 3 is 2.42 bits per heavy atom. The van der Waals surface area contributed by atoms with Gasteiger partial charge in [-0.25, -0.2) is 0 Å². The second kappa shape index (κ2) is 11.0. The molecule has 2 N–H and O–H groups in total. The van der Waals surface area contributed by atoms with Crippen molar-refractivity contribution in [3.8, 4) is 11.5 Å². The molecule has 1 amide bonds. The van der Waals surface area contributed by atoms with Crippen LogP contribution in [0.5, 0.6) is 11.5 Å². The number of hydrogen-bond donors (Lipinski definition) is 2. The SMILES string of the molecule is CC(C)[C@H](NCC(=O)Nc1ccccc1Cc1ccccc1)c1ccc2c(c1)OCCCO2. The Balaban J connectivity index is 1.41. The predicted molar refractivity (Wildman–Crippen MR) is 132 cm³/mol. The standard InChI is InChI=1S/C28H32N2O3/c1-20(2)28(23-13-14-25-26(18-23)33-16-8-15-32-25)29-19-27(31)30-24-12-7-6-11-22(24)17-21-9-4-3-5-10-21/h3-7,9-14,18,20,28-29H,8,15-17,19H2,1-2H3,(H,30,31)/t28-/m0/s1. The van der Waals surface area contributed by atoms with E-state index >= 15 is 0 Å². The lowest BCUT2D eigenvalue weighted by atomic mass is 9.95. The maximum Gasteiger partial charge on any atom is 0.238 e. The Morgan fingerprint density at radius 1 is 0.909 bits per heavy atom. The summed E-state index contributed by atoms with van der Waals surface area (Å²) < 4.78 is 11.6. The second-order valence-corrected chi connectivity index (χ2v) is 8.73. The van der Waals surface area contributed by atoms with Gasteiger partial charge in [0.2, 0.25) is 5.91 Å². The first-order valence-corrected chi connectivity index (χ1v) is 11.6. The molecule has 4 rings (SSSR count). The van der Waals surface area contributed by atoms with Gasteiger partial charge in [0.25, 0.3) is 0 Å². The number of hydrogen-bond acceptors (Lipinski definition) is 4. The van der Waals surface area contributed by atoms with Crippen LogP contribution in [0, 0.1) is 5.92 Å². The molecular weight excluding hydrogens is 412 g/mol. The van der Waals surface area contributed by atoms with Gasteiger partial charge in [0, 0.05) is 18.2 Å². The Bertz CT molecular complexity index is 1070. The summed E-state index contributed by atoms with van der Waals surface area (Å²) in [4.78, 5) is 12.8. The molecule has 1 heterocycles. The highest BCUT2D eigenvalue weighted by atomic mass is 16.5. The van der Waals surface area contributed by atoms with Gasteiger partial charge in [0.15, 0.2) is 11.5 Å². The quantitative estimate of drug-likeness (QED) is 0.491. The van der Waals surface area contributed by atoms with Gasteiger partial charge in [-0.3, -0.25) is 4.79 Å². The van der Waals surface area contributed by atoms with Crippen molar-refractivity contribution >= 4 is 11.6 Å². The third-order valence-corrected chi connectivity index (χ3v) is 5.81. The van der Waals surface area contributed by atoms with Crippen molar-refractivity contribution in [2.24, 2.45) is 5.92 Å². The van der Waals surface area contributed by atoms with E-state index in [0.717, 1.165) is 41.2 Å². The van der Waals surface area contributed by atoms with Crippen molar-refractivity contribution in [3.63, 3.8) is 0 Å². The molecule has 1 atom stereocenters. The zero-order valence-electron chi connectivity index (χ0n) is 19.3. The molecular formula is C28H32N2O3. The van der Waals surface area contributed by atoms with E-state index in [1.54, 1.807) is 0 Å². The third kappa shape index (κ3) is 6.14. The first-order valence-electron chi connectivity index (χ1n) is 11.6. The number of carbonyl (C=O) groups excluding carboxylic acids is 1. The lowest BCUT2D eigenvalue weighted by Crippen LogP contribution is -2.33. The van der Waals surface area contributed by atoms with Crippen molar-refractivity contribution in [1.29, 1.82) is 0 Å². The molecule has 0 spiro atoms. The molecule has 0 saturated carbocycles. The molecule has 1 aliphatic heterocycles. The third-order valence-electron chi connectivity index (χ3n) is 5.81. The summed E-state index contributed by atoms with van der Waals surface area (Å²) in [5.41, 5.74) is 4.25. The monoisotopic (exact) mass is 444 g/mol. The van der Waals surface area contributed by atoms with Gasteiger partial charge in [-0.2, -0.15) is 0 Å². The zero-order chi connectivity index (χ0) is 23.0. The van der Waals surface area contributed by atoms with Crippen LogP contribution in [-0.4, -0.2) is 25.7 Å². The van der Waals surface area contributed by atoms with Gasteiger partial charge in [0.05, 0.1) is 19.8 Å². The van der Waals surface area contributed by atoms with Crippen molar-refractivity contribution in [1.82, 2.24) is 5.32 Å². The van der Waals surface area contributed by atoms with E-state index in [4.69, 9.17) is 9.47 Å². The molecule has 0 aliphatic carbocycles. The summed E-state index contributed by atoms with van der Waals surface area (Å²) in [6.07, 6.45) is 1.65. The highest BCUT2D eigenvalue weighted by Crippen LogP contribution is 2.34. The van der Waals surface area contributed by atoms with Crippen LogP contribution in [0.1, 0.15) is 43.0 Å². The Labute approximate surface area is 196 Å². The van der Waals surface area contributed by atoms with Crippen LogP contribution in [0.3, 0.4) is 0 Å². The van der Waals surface area contributed by atoms with E-state index in [1.165, 1.54) is 5.56 Å². The minimum atomic E-state index is -0.0597. The molecule has 33 heavy (non-hydrogen) atoms. The van der Waals surface area contributed by atoms with Gasteiger partial charge in [-0.1, -0.05) is 68.4 Å². The van der Waals surface area contributed by atoms with Gasteiger partial charge in [-0.05, 0) is 47.2 Å². The van der Waals surface area contributed by atoms with Gasteiger partial charge < -0.3 is 20.1 Å². The summed E-state index contributed by atoms with van der Waals surface area (Å²) in [5.74, 6) is 1.80. The minimum Gasteiger partial charge on any atom is -0.490 e. The number of carbonyl (C=O) groups is 1. The first-order chi connectivity index (χ1) is 16.1. The summed E-state index contributed by atoms with van der Waals surface area (Å²) in [7, 11) is 0. The van der Waals surface area contributed by atoms with Crippen LogP contribution >= 0.6 is 0 Å². The van der Waals surface area contributed by atoms with Gasteiger partial charge in [-0.15, -0.1) is 0 Å². The first kappa shape index (κ1) is 22.9. The molecule has 0 aromatic heterocycles. The number of amides is 1. The predicted octanol–water partition coefficient (Wildman–Crippen LogP) is 5.36. The molecule has 172 valence electrons. The fourth-order valence-electron chi connectivity index (χ4n) is 4.12. The van der Waals surface area contributed by atoms with Gasteiger partial charge in [0.1, 0.15) is 0 Å². The zero-order valence-corrected chi connectivity index (χ0v) is 19.3. The summed E-state index contributed by atoms with van der Waals surface area (Å²) in [6, 6.07) is 24.3. The lowest BCUT2D eigenvalue weighted by Gasteiger charge is -2.24. The summed E-state index contributed by atoms with van der Waals surface area (Å²) in [6.45, 7) is 5.84. The van der Waals surface area contributed by atoms with Crippen LogP contribution in [0.25, 0.3) is 0 Å². The van der Waals surface area contributed by atoms with Crippen molar-refractivity contribution in [2.75, 3.05) is 25.1 Å². The van der Waals surface area contributed by atoms with Crippen LogP contribution in [0.2, 0.25) is 0 Å². The maximum absolute atomic E-state index is 12.8. The average molecular weight is 445 g/mol. The topological polar surface area (TPSA) is 59.6 Å². The number of benzene rings is 3. The van der Waals surface area contributed by atoms with Crippen LogP contribution in [-0.2, 0) is 11.2 Å². The number of anilines is 1. The molecule has 5 nitrogen and oxygen atoms in total. The highest BCUT2D eigenvalue weighted by molar-refractivity contribution is 5.93. The van der Waals surface area contributed by atoms with Crippen molar-refractivity contribution < 1.29 is 14.3 Å². The van der Waals surface area contributed by atoms with E-state index in [0.29, 0.717) is 19.1 Å². The largest absolute Gasteiger partial charge is 0.490 e. The number of fused-ring (bicyclic) bond motifs is 1. The molecule has 0 fully saturated rings. The van der Waals surface area contributed by atoms with Crippen LogP contribution < -0.4 is 20.1 Å². The van der Waals surface area contributed by atoms with E-state index < -0.39 is 0 Å². The van der Waals surface area contributed by atoms with E-state index in [-0.39, 0.29) is 18.5 Å². The normalized spacial score (nSPS) is 13.9. The molecule has 0 saturated heterocycles. The van der Waals surface area contributed by atoms with E-state index in [1.807, 2.05) is 48.5 Å². The molecule has 0 unspecified atom stereocenters. The number of para-hydroxylation sites is 1. The minimum absolute atomic E-state index is 0.0208. The summed E-state index contributed by atoms with van der Waals surface area (Å²) >= 11 is 0. The van der Waals surface area contributed by atoms with Crippen LogP contribution in [0.4, 0.5) is 5.69 Å². The molecule has 0 radical (unpaired) electrons. The highest BCUT2D eigenvalue weighted by Gasteiger charge is 2.20. The molecule has 5 heteroatoms. The number of rotatable bonds is 8. The van der Waals surface area contributed by atoms with E-state index in [9.17, 15) is 4.79 Å². The Morgan fingerprint density at radius 2 is 1.64 bits per heavy atom. The fraction of sp³-hybridized carbons (Fsp3) is 0.321. The Kier molecular flexibility index (Phi) is 7.63. The fourth-order valence-corrected chi connectivity index (χ4v) is 4.12. The van der Waals surface area contributed by atoms with Crippen molar-refractivity contribution in [2.45, 2.75) is 32.7 Å². The Hall–Kier alpha value is -3.31. The smallest absolute Gasteiger partial charge is 0.238 e. The molecule has 0 bridgehead atoms. The van der Waals surface area contributed by atoms with Crippen LogP contribution in [0.15, 0.2) is 72.8 Å². The summed E-state index contributed by atoms with van der Waals surface area (Å²) in [5, 5.41) is 6.53. The number of nitrogens with one attached hydrogen (secondary N) is 2. The van der Waals surface area contributed by atoms with Gasteiger partial charge >= 0.3 is 0 Å². The molecule has 1 aliphatic rings. The maximum atomic E-state index is 12.8. The lowest BCUT2D eigenvalue weighted by molar-refractivity contribution is -0.115. The van der Waals surface area contributed by atoms with E-state index in [2.05, 4.69) is 48.7 Å². The number of ether oxygens (including phenoxy) is 2. The van der Waals surface area contributed by atoms with Crippen molar-refractivity contribution in [3.05, 3.63) is 89.5 Å². The molecule has 3 aromatic carbocycles. The molecule has 3 aromatic rings. The second-order valence-electron chi connectivity index (χ2n) is 8.73. The average Bonchev–Trinajstić information content (AvgIpc) is 3.06.